The summed E-state index contributed by atoms with van der Waals surface area (Å²) in [6, 6.07) is 10.7. The molecule has 1 heterocycles. The molecule has 0 radical (unpaired) electrons. The fourth-order valence-corrected chi connectivity index (χ4v) is 3.81. The van der Waals surface area contributed by atoms with E-state index in [0.29, 0.717) is 36.0 Å². The summed E-state index contributed by atoms with van der Waals surface area (Å²) in [5.74, 6) is 0.0697. The number of sulfonamides is 1. The van der Waals surface area contributed by atoms with Crippen molar-refractivity contribution in [3.05, 3.63) is 42.5 Å². The van der Waals surface area contributed by atoms with E-state index in [-0.39, 0.29) is 16.7 Å². The van der Waals surface area contributed by atoms with Crippen LogP contribution in [0.1, 0.15) is 13.8 Å². The van der Waals surface area contributed by atoms with E-state index < -0.39 is 10.0 Å². The number of carbonyl (C=O) groups is 2. The minimum atomic E-state index is -3.86. The van der Waals surface area contributed by atoms with Gasteiger partial charge in [-0.1, -0.05) is 0 Å². The van der Waals surface area contributed by atoms with E-state index in [9.17, 15) is 18.0 Å². The van der Waals surface area contributed by atoms with Crippen LogP contribution < -0.4 is 19.7 Å². The van der Waals surface area contributed by atoms with Crippen molar-refractivity contribution in [1.29, 1.82) is 0 Å². The second-order valence-corrected chi connectivity index (χ2v) is 7.70. The first-order valence-corrected chi connectivity index (χ1v) is 9.70. The molecular weight excluding hydrogens is 370 g/mol. The number of nitrogens with zero attached hydrogens (tertiary/aromatic N) is 1. The average Bonchev–Trinajstić information content (AvgIpc) is 2.61. The summed E-state index contributed by atoms with van der Waals surface area (Å²) in [6.45, 7) is 3.54. The number of carbonyl (C=O) groups excluding carboxylic acids is 2. The molecule has 2 aromatic carbocycles. The van der Waals surface area contributed by atoms with E-state index >= 15 is 0 Å². The largest absolute Gasteiger partial charge is 0.490 e. The smallest absolute Gasteiger partial charge is 0.261 e. The lowest BCUT2D eigenvalue weighted by atomic mass is 10.2. The fraction of sp³-hybridized carbons (Fsp3) is 0.222. The topological polar surface area (TPSA) is 105 Å². The predicted molar refractivity (Wildman–Crippen MR) is 102 cm³/mol. The molecule has 0 bridgehead atoms. The summed E-state index contributed by atoms with van der Waals surface area (Å²) < 4.78 is 33.4. The molecule has 0 saturated carbocycles. The number of benzene rings is 2. The molecule has 0 atom stereocenters. The van der Waals surface area contributed by atoms with Crippen LogP contribution in [0, 0.1) is 0 Å². The maximum Gasteiger partial charge on any atom is 0.261 e. The second-order valence-electron chi connectivity index (χ2n) is 6.01. The highest BCUT2D eigenvalue weighted by Gasteiger charge is 2.24. The highest BCUT2D eigenvalue weighted by atomic mass is 32.2. The summed E-state index contributed by atoms with van der Waals surface area (Å²) in [4.78, 5) is 24.3. The Morgan fingerprint density at radius 3 is 2.33 bits per heavy atom. The van der Waals surface area contributed by atoms with E-state index in [4.69, 9.17) is 4.74 Å². The Balaban J connectivity index is 1.86. The third-order valence-electron chi connectivity index (χ3n) is 3.94. The normalized spacial score (nSPS) is 13.3. The number of fused-ring (bicyclic) bond motifs is 1. The van der Waals surface area contributed by atoms with Crippen LogP contribution in [0.25, 0.3) is 0 Å². The van der Waals surface area contributed by atoms with E-state index in [1.165, 1.54) is 30.9 Å². The van der Waals surface area contributed by atoms with Crippen molar-refractivity contribution >= 4 is 38.9 Å². The minimum Gasteiger partial charge on any atom is -0.490 e. The molecule has 0 fully saturated rings. The van der Waals surface area contributed by atoms with Crippen LogP contribution in [0.5, 0.6) is 5.75 Å². The maximum absolute atomic E-state index is 12.7. The van der Waals surface area contributed by atoms with Gasteiger partial charge in [-0.05, 0) is 42.5 Å². The van der Waals surface area contributed by atoms with Gasteiger partial charge >= 0.3 is 0 Å². The van der Waals surface area contributed by atoms with E-state index in [1.807, 2.05) is 0 Å². The zero-order valence-corrected chi connectivity index (χ0v) is 15.7. The van der Waals surface area contributed by atoms with Crippen LogP contribution in [0.4, 0.5) is 17.1 Å². The number of amides is 2. The number of ether oxygens (including phenoxy) is 1. The van der Waals surface area contributed by atoms with Gasteiger partial charge in [0.2, 0.25) is 11.8 Å². The van der Waals surface area contributed by atoms with Gasteiger partial charge in [-0.2, -0.15) is 0 Å². The standard InChI is InChI=1S/C18H19N3O5S/c1-12(22)19-14-3-5-15(6-4-14)20-27(24,25)16-7-8-18-17(11-16)21(13(2)23)9-10-26-18/h3-8,11,20H,9-10H2,1-2H3,(H,19,22). The first-order valence-electron chi connectivity index (χ1n) is 8.22. The average molecular weight is 389 g/mol. The molecule has 0 unspecified atom stereocenters. The van der Waals surface area contributed by atoms with Gasteiger partial charge in [-0.25, -0.2) is 8.42 Å². The van der Waals surface area contributed by atoms with Crippen molar-refractivity contribution < 1.29 is 22.7 Å². The lowest BCUT2D eigenvalue weighted by Gasteiger charge is -2.29. The number of anilines is 3. The molecule has 8 nitrogen and oxygen atoms in total. The molecular formula is C18H19N3O5S. The van der Waals surface area contributed by atoms with Gasteiger partial charge in [0.15, 0.2) is 0 Å². The number of rotatable bonds is 4. The Hall–Kier alpha value is -3.07. The van der Waals surface area contributed by atoms with Gasteiger partial charge in [0.1, 0.15) is 12.4 Å². The van der Waals surface area contributed by atoms with E-state index in [1.54, 1.807) is 30.3 Å². The van der Waals surface area contributed by atoms with E-state index in [0.717, 1.165) is 0 Å². The third kappa shape index (κ3) is 4.20. The van der Waals surface area contributed by atoms with Crippen LogP contribution in [-0.4, -0.2) is 33.4 Å². The molecule has 9 heteroatoms. The monoisotopic (exact) mass is 389 g/mol. The van der Waals surface area contributed by atoms with Crippen LogP contribution in [0.15, 0.2) is 47.4 Å². The summed E-state index contributed by atoms with van der Waals surface area (Å²) in [6.07, 6.45) is 0. The van der Waals surface area contributed by atoms with Crippen molar-refractivity contribution in [2.75, 3.05) is 28.1 Å². The first kappa shape index (κ1) is 18.7. The summed E-state index contributed by atoms with van der Waals surface area (Å²) in [5, 5.41) is 2.61. The van der Waals surface area contributed by atoms with Crippen molar-refractivity contribution in [3.63, 3.8) is 0 Å². The predicted octanol–water partition coefficient (Wildman–Crippen LogP) is 2.19. The molecule has 1 aliphatic rings. The Kier molecular flexibility index (Phi) is 5.04. The van der Waals surface area contributed by atoms with Gasteiger partial charge in [0.25, 0.3) is 10.0 Å². The first-order chi connectivity index (χ1) is 12.8. The quantitative estimate of drug-likeness (QED) is 0.834. The lowest BCUT2D eigenvalue weighted by molar-refractivity contribution is -0.117. The molecule has 0 saturated heterocycles. The zero-order valence-electron chi connectivity index (χ0n) is 14.9. The lowest BCUT2D eigenvalue weighted by Crippen LogP contribution is -2.36. The Morgan fingerprint density at radius 1 is 1.04 bits per heavy atom. The van der Waals surface area contributed by atoms with Crippen LogP contribution in [-0.2, 0) is 19.6 Å². The van der Waals surface area contributed by atoms with Crippen LogP contribution in [0.2, 0.25) is 0 Å². The van der Waals surface area contributed by atoms with Crippen molar-refractivity contribution in [2.24, 2.45) is 0 Å². The van der Waals surface area contributed by atoms with Gasteiger partial charge in [-0.15, -0.1) is 0 Å². The fourth-order valence-electron chi connectivity index (χ4n) is 2.73. The second kappa shape index (κ2) is 7.28. The molecule has 0 spiro atoms. The molecule has 0 aliphatic carbocycles. The number of hydrogen-bond acceptors (Lipinski definition) is 5. The van der Waals surface area contributed by atoms with E-state index in [2.05, 4.69) is 10.0 Å². The summed E-state index contributed by atoms with van der Waals surface area (Å²) in [5.41, 5.74) is 1.34. The number of hydrogen-bond donors (Lipinski definition) is 2. The zero-order chi connectivity index (χ0) is 19.6. The van der Waals surface area contributed by atoms with Gasteiger partial charge in [0.05, 0.1) is 17.1 Å². The summed E-state index contributed by atoms with van der Waals surface area (Å²) >= 11 is 0. The molecule has 2 amide bonds. The van der Waals surface area contributed by atoms with Crippen molar-refractivity contribution in [3.8, 4) is 5.75 Å². The third-order valence-corrected chi connectivity index (χ3v) is 5.32. The molecule has 142 valence electrons. The van der Waals surface area contributed by atoms with Crippen molar-refractivity contribution in [1.82, 2.24) is 0 Å². The van der Waals surface area contributed by atoms with Crippen molar-refractivity contribution in [2.45, 2.75) is 18.7 Å². The van der Waals surface area contributed by atoms with Gasteiger partial charge in [0, 0.05) is 25.2 Å². The van der Waals surface area contributed by atoms with Gasteiger partial charge in [-0.3, -0.25) is 14.3 Å². The molecule has 3 rings (SSSR count). The Bertz CT molecular complexity index is 987. The molecule has 0 aromatic heterocycles. The molecule has 2 N–H and O–H groups in total. The minimum absolute atomic E-state index is 0.0175. The Labute approximate surface area is 157 Å². The molecule has 1 aliphatic heterocycles. The Morgan fingerprint density at radius 2 is 1.70 bits per heavy atom. The molecule has 2 aromatic rings. The van der Waals surface area contributed by atoms with Gasteiger partial charge < -0.3 is 15.0 Å². The maximum atomic E-state index is 12.7. The highest BCUT2D eigenvalue weighted by Crippen LogP contribution is 2.34. The van der Waals surface area contributed by atoms with Crippen LogP contribution >= 0.6 is 0 Å². The van der Waals surface area contributed by atoms with Crippen LogP contribution in [0.3, 0.4) is 0 Å². The number of nitrogens with one attached hydrogen (secondary N) is 2. The summed E-state index contributed by atoms with van der Waals surface area (Å²) in [7, 11) is -3.86. The molecule has 27 heavy (non-hydrogen) atoms. The highest BCUT2D eigenvalue weighted by molar-refractivity contribution is 7.92. The SMILES string of the molecule is CC(=O)Nc1ccc(NS(=O)(=O)c2ccc3c(c2)N(C(C)=O)CCO3)cc1.